The molecule has 35 heavy (non-hydrogen) atoms. The Kier molecular flexibility index (Phi) is 5.38. The van der Waals surface area contributed by atoms with E-state index in [4.69, 9.17) is 24.4 Å². The number of morpholine rings is 2. The van der Waals surface area contributed by atoms with Crippen LogP contribution in [0.3, 0.4) is 0 Å². The van der Waals surface area contributed by atoms with Crippen molar-refractivity contribution in [1.29, 1.82) is 0 Å². The lowest BCUT2D eigenvalue weighted by Crippen LogP contribution is -2.57. The van der Waals surface area contributed by atoms with Gasteiger partial charge >= 0.3 is 0 Å². The van der Waals surface area contributed by atoms with Crippen molar-refractivity contribution in [2.24, 2.45) is 0 Å². The Morgan fingerprint density at radius 3 is 2.80 bits per heavy atom. The molecule has 3 aliphatic rings. The van der Waals surface area contributed by atoms with E-state index in [1.54, 1.807) is 0 Å². The van der Waals surface area contributed by atoms with Crippen LogP contribution in [0.1, 0.15) is 5.82 Å². The zero-order valence-electron chi connectivity index (χ0n) is 19.7. The van der Waals surface area contributed by atoms with Crippen LogP contribution < -0.4 is 4.90 Å². The van der Waals surface area contributed by atoms with E-state index in [1.807, 2.05) is 12.3 Å². The van der Waals surface area contributed by atoms with Gasteiger partial charge in [0.1, 0.15) is 5.82 Å². The molecule has 2 N–H and O–H groups in total. The summed E-state index contributed by atoms with van der Waals surface area (Å²) in [4.78, 5) is 29.2. The maximum absolute atomic E-state index is 5.72. The molecule has 3 aliphatic heterocycles. The van der Waals surface area contributed by atoms with Crippen LogP contribution in [0.5, 0.6) is 0 Å². The molecule has 1 unspecified atom stereocenters. The second-order valence-corrected chi connectivity index (χ2v) is 9.60. The average molecular weight is 475 g/mol. The first-order chi connectivity index (χ1) is 17.3. The third-order valence-electron chi connectivity index (χ3n) is 7.42. The van der Waals surface area contributed by atoms with Crippen molar-refractivity contribution in [3.8, 4) is 11.4 Å². The van der Waals surface area contributed by atoms with Gasteiger partial charge in [0.05, 0.1) is 33.0 Å². The minimum absolute atomic E-state index is 0.471. The molecule has 0 radical (unpaired) electrons. The first kappa shape index (κ1) is 21.3. The molecule has 182 valence electrons. The zero-order valence-corrected chi connectivity index (χ0v) is 19.7. The van der Waals surface area contributed by atoms with E-state index in [0.29, 0.717) is 25.1 Å². The van der Waals surface area contributed by atoms with Gasteiger partial charge in [-0.1, -0.05) is 12.1 Å². The predicted octanol–water partition coefficient (Wildman–Crippen LogP) is 1.85. The van der Waals surface area contributed by atoms with Crippen LogP contribution in [0.15, 0.2) is 30.5 Å². The third kappa shape index (κ3) is 3.96. The molecule has 0 spiro atoms. The van der Waals surface area contributed by atoms with E-state index in [9.17, 15) is 0 Å². The van der Waals surface area contributed by atoms with Crippen molar-refractivity contribution >= 4 is 27.9 Å². The topological polar surface area (TPSA) is 98.4 Å². The van der Waals surface area contributed by atoms with Crippen LogP contribution in [0, 0.1) is 0 Å². The van der Waals surface area contributed by atoms with Crippen LogP contribution in [-0.2, 0) is 16.0 Å². The molecule has 10 heteroatoms. The summed E-state index contributed by atoms with van der Waals surface area (Å²) in [5.74, 6) is 2.53. The molecule has 0 aliphatic carbocycles. The molecule has 0 saturated carbocycles. The molecule has 3 saturated heterocycles. The number of imidazole rings is 1. The number of hydrogen-bond donors (Lipinski definition) is 2. The molecule has 6 heterocycles. The largest absolute Gasteiger partial charge is 0.378 e. The highest BCUT2D eigenvalue weighted by Gasteiger charge is 2.30. The molecule has 3 fully saturated rings. The highest BCUT2D eigenvalue weighted by molar-refractivity contribution is 5.95. The first-order valence-corrected chi connectivity index (χ1v) is 12.5. The number of benzene rings is 1. The van der Waals surface area contributed by atoms with Gasteiger partial charge in [0.15, 0.2) is 22.8 Å². The van der Waals surface area contributed by atoms with Gasteiger partial charge in [0.2, 0.25) is 0 Å². The molecule has 4 aromatic rings. The number of aromatic amines is 2. The lowest BCUT2D eigenvalue weighted by molar-refractivity contribution is -0.0465. The number of nitrogens with one attached hydrogen (secondary N) is 2. The summed E-state index contributed by atoms with van der Waals surface area (Å²) in [6, 6.07) is 8.76. The number of nitrogens with zero attached hydrogens (tertiary/aromatic N) is 6. The van der Waals surface area contributed by atoms with E-state index in [1.165, 1.54) is 0 Å². The molecule has 1 atom stereocenters. The van der Waals surface area contributed by atoms with E-state index >= 15 is 0 Å². The Labute approximate surface area is 203 Å². The highest BCUT2D eigenvalue weighted by atomic mass is 16.5. The number of fused-ring (bicyclic) bond motifs is 3. The minimum atomic E-state index is 0.471. The van der Waals surface area contributed by atoms with E-state index in [-0.39, 0.29) is 0 Å². The van der Waals surface area contributed by atoms with E-state index < -0.39 is 0 Å². The second kappa shape index (κ2) is 8.87. The summed E-state index contributed by atoms with van der Waals surface area (Å²) in [6.07, 6.45) is 1.96. The van der Waals surface area contributed by atoms with Gasteiger partial charge in [-0.3, -0.25) is 9.80 Å². The van der Waals surface area contributed by atoms with Crippen LogP contribution in [0.2, 0.25) is 0 Å². The Hall–Kier alpha value is -3.05. The molecular formula is C25H30N8O2. The van der Waals surface area contributed by atoms with Crippen LogP contribution in [0.4, 0.5) is 5.82 Å². The van der Waals surface area contributed by atoms with E-state index in [2.05, 4.69) is 42.9 Å². The van der Waals surface area contributed by atoms with Crippen molar-refractivity contribution in [3.05, 3.63) is 36.3 Å². The molecule has 10 nitrogen and oxygen atoms in total. The number of aromatic nitrogens is 5. The molecule has 1 aromatic carbocycles. The first-order valence-electron chi connectivity index (χ1n) is 12.5. The summed E-state index contributed by atoms with van der Waals surface area (Å²) in [5, 5.41) is 1.12. The maximum atomic E-state index is 5.72. The van der Waals surface area contributed by atoms with Gasteiger partial charge in [-0.05, 0) is 12.1 Å². The minimum Gasteiger partial charge on any atom is -0.378 e. The summed E-state index contributed by atoms with van der Waals surface area (Å²) >= 11 is 0. The van der Waals surface area contributed by atoms with Crippen molar-refractivity contribution < 1.29 is 9.47 Å². The van der Waals surface area contributed by atoms with Crippen LogP contribution >= 0.6 is 0 Å². The molecule has 0 bridgehead atoms. The number of H-pyrrole nitrogens is 2. The van der Waals surface area contributed by atoms with Crippen LogP contribution in [0.25, 0.3) is 33.5 Å². The fourth-order valence-corrected chi connectivity index (χ4v) is 5.57. The summed E-state index contributed by atoms with van der Waals surface area (Å²) in [6.45, 7) is 9.58. The standard InChI is InChI=1S/C25H30N8O2/c1-2-19(18-4-5-26-20(18)3-1)23-29-24-22(25(30-23)33-9-11-34-12-10-33)27-21(28-24)15-31-6-7-32-8-13-35-16-17(32)14-31/h1-5,17,26H,6-16H2,(H,27,28,29,30). The normalized spacial score (nSPS) is 22.2. The summed E-state index contributed by atoms with van der Waals surface area (Å²) < 4.78 is 11.3. The third-order valence-corrected chi connectivity index (χ3v) is 7.42. The Morgan fingerprint density at radius 2 is 1.86 bits per heavy atom. The number of piperazine rings is 1. The molecule has 3 aromatic heterocycles. The predicted molar refractivity (Wildman–Crippen MR) is 133 cm³/mol. The lowest BCUT2D eigenvalue weighted by atomic mass is 10.1. The zero-order chi connectivity index (χ0) is 23.2. The van der Waals surface area contributed by atoms with Crippen molar-refractivity contribution in [2.45, 2.75) is 12.6 Å². The Morgan fingerprint density at radius 1 is 0.943 bits per heavy atom. The fraction of sp³-hybridized carbons (Fsp3) is 0.480. The van der Waals surface area contributed by atoms with Crippen molar-refractivity contribution in [1.82, 2.24) is 34.7 Å². The van der Waals surface area contributed by atoms with Gasteiger partial charge in [-0.25, -0.2) is 15.0 Å². The molecular weight excluding hydrogens is 444 g/mol. The lowest BCUT2D eigenvalue weighted by Gasteiger charge is -2.43. The molecule has 7 rings (SSSR count). The van der Waals surface area contributed by atoms with Gasteiger partial charge in [0.25, 0.3) is 0 Å². The summed E-state index contributed by atoms with van der Waals surface area (Å²) in [5.41, 5.74) is 3.73. The second-order valence-electron chi connectivity index (χ2n) is 9.60. The van der Waals surface area contributed by atoms with Gasteiger partial charge in [0, 0.05) is 68.0 Å². The Balaban J connectivity index is 1.25. The monoisotopic (exact) mass is 474 g/mol. The maximum Gasteiger partial charge on any atom is 0.164 e. The van der Waals surface area contributed by atoms with Crippen molar-refractivity contribution in [2.75, 3.05) is 70.6 Å². The summed E-state index contributed by atoms with van der Waals surface area (Å²) in [7, 11) is 0. The quantitative estimate of drug-likeness (QED) is 0.463. The number of ether oxygens (including phenoxy) is 2. The smallest absolute Gasteiger partial charge is 0.164 e. The van der Waals surface area contributed by atoms with Gasteiger partial charge in [-0.15, -0.1) is 0 Å². The van der Waals surface area contributed by atoms with Gasteiger partial charge < -0.3 is 24.3 Å². The highest BCUT2D eigenvalue weighted by Crippen LogP contribution is 2.31. The SMILES string of the molecule is c1cc(-c2nc(N3CCOCC3)c3nc(CN4CCN5CCOCC5C4)[nH]c3n2)c2cc[nH]c2c1. The average Bonchev–Trinajstić information content (AvgIpc) is 3.55. The number of anilines is 1. The fourth-order valence-electron chi connectivity index (χ4n) is 5.57. The Bertz CT molecular complexity index is 1340. The molecule has 0 amide bonds. The van der Waals surface area contributed by atoms with Gasteiger partial charge in [-0.2, -0.15) is 0 Å². The van der Waals surface area contributed by atoms with Crippen LogP contribution in [-0.4, -0.2) is 106 Å². The van der Waals surface area contributed by atoms with Crippen molar-refractivity contribution in [3.63, 3.8) is 0 Å². The number of rotatable bonds is 4. The number of hydrogen-bond acceptors (Lipinski definition) is 8. The van der Waals surface area contributed by atoms with E-state index in [0.717, 1.165) is 98.3 Å².